The summed E-state index contributed by atoms with van der Waals surface area (Å²) in [7, 11) is 1.56. The van der Waals surface area contributed by atoms with Crippen LogP contribution in [0.25, 0.3) is 0 Å². The molecule has 0 saturated carbocycles. The molecule has 1 amide bonds. The predicted molar refractivity (Wildman–Crippen MR) is 87.4 cm³/mol. The molecule has 0 saturated heterocycles. The maximum atomic E-state index is 12.2. The highest BCUT2D eigenvalue weighted by atomic mass is 35.6. The minimum Gasteiger partial charge on any atom is -0.497 e. The summed E-state index contributed by atoms with van der Waals surface area (Å²) in [6.07, 6.45) is -0.822. The van der Waals surface area contributed by atoms with Gasteiger partial charge in [-0.05, 0) is 45.0 Å². The van der Waals surface area contributed by atoms with Crippen molar-refractivity contribution in [2.24, 2.45) is 0 Å². The zero-order valence-electron chi connectivity index (χ0n) is 12.3. The molecule has 1 atom stereocenters. The summed E-state index contributed by atoms with van der Waals surface area (Å²) in [5.41, 5.74) is 0.118. The number of halogens is 3. The second-order valence-electron chi connectivity index (χ2n) is 5.57. The van der Waals surface area contributed by atoms with E-state index in [-0.39, 0.29) is 11.4 Å². The van der Waals surface area contributed by atoms with Gasteiger partial charge in [0.15, 0.2) is 0 Å². The molecule has 0 aliphatic carbocycles. The van der Waals surface area contributed by atoms with Crippen LogP contribution in [0, 0.1) is 0 Å². The number of carbonyl (C=O) groups is 1. The van der Waals surface area contributed by atoms with Gasteiger partial charge in [0.05, 0.1) is 7.11 Å². The molecule has 1 rings (SSSR count). The fraction of sp³-hybridized carbons (Fsp3) is 0.500. The predicted octanol–water partition coefficient (Wildman–Crippen LogP) is 3.51. The maximum absolute atomic E-state index is 12.2. The highest BCUT2D eigenvalue weighted by molar-refractivity contribution is 6.68. The molecule has 118 valence electrons. The Kier molecular flexibility index (Phi) is 6.17. The molecular weight excluding hydrogens is 335 g/mol. The van der Waals surface area contributed by atoms with E-state index in [0.29, 0.717) is 11.3 Å². The van der Waals surface area contributed by atoms with Crippen LogP contribution in [0.15, 0.2) is 24.3 Å². The zero-order chi connectivity index (χ0) is 16.3. The summed E-state index contributed by atoms with van der Waals surface area (Å²) in [6.45, 7) is 5.74. The van der Waals surface area contributed by atoms with E-state index in [1.165, 1.54) is 0 Å². The Morgan fingerprint density at radius 1 is 1.14 bits per heavy atom. The summed E-state index contributed by atoms with van der Waals surface area (Å²) in [5, 5.41) is 5.75. The summed E-state index contributed by atoms with van der Waals surface area (Å²) in [4.78, 5) is 12.2. The van der Waals surface area contributed by atoms with Gasteiger partial charge in [-0.2, -0.15) is 0 Å². The second kappa shape index (κ2) is 7.05. The lowest BCUT2D eigenvalue weighted by Gasteiger charge is -2.33. The number of rotatable bonds is 4. The molecule has 0 aromatic heterocycles. The van der Waals surface area contributed by atoms with E-state index in [1.807, 2.05) is 20.8 Å². The van der Waals surface area contributed by atoms with Crippen molar-refractivity contribution in [3.8, 4) is 5.75 Å². The molecular formula is C14H19Cl3N2O2. The summed E-state index contributed by atoms with van der Waals surface area (Å²) >= 11 is 17.8. The highest BCUT2D eigenvalue weighted by Crippen LogP contribution is 2.30. The number of hydrogen-bond donors (Lipinski definition) is 2. The van der Waals surface area contributed by atoms with Gasteiger partial charge in [-0.15, -0.1) is 0 Å². The zero-order valence-corrected chi connectivity index (χ0v) is 14.6. The monoisotopic (exact) mass is 352 g/mol. The van der Waals surface area contributed by atoms with Gasteiger partial charge in [-0.3, -0.25) is 10.1 Å². The second-order valence-corrected chi connectivity index (χ2v) is 7.94. The summed E-state index contributed by atoms with van der Waals surface area (Å²) in [6, 6.07) is 6.66. The molecule has 0 unspecified atom stereocenters. The van der Waals surface area contributed by atoms with Crippen LogP contribution < -0.4 is 15.4 Å². The molecule has 7 heteroatoms. The van der Waals surface area contributed by atoms with E-state index < -0.39 is 9.96 Å². The van der Waals surface area contributed by atoms with Gasteiger partial charge in [0, 0.05) is 11.1 Å². The van der Waals surface area contributed by atoms with E-state index >= 15 is 0 Å². The molecule has 0 bridgehead atoms. The van der Waals surface area contributed by atoms with Gasteiger partial charge in [-0.25, -0.2) is 0 Å². The molecule has 1 aromatic carbocycles. The van der Waals surface area contributed by atoms with Crippen LogP contribution in [-0.4, -0.2) is 28.5 Å². The first kappa shape index (κ1) is 18.4. The SMILES string of the molecule is COc1ccc(C(=O)N[C@@H](NC(C)(C)C)C(Cl)(Cl)Cl)cc1. The quantitative estimate of drug-likeness (QED) is 0.643. The van der Waals surface area contributed by atoms with Crippen LogP contribution in [0.3, 0.4) is 0 Å². The molecule has 0 heterocycles. The van der Waals surface area contributed by atoms with E-state index in [9.17, 15) is 4.79 Å². The number of ether oxygens (including phenoxy) is 1. The van der Waals surface area contributed by atoms with Crippen molar-refractivity contribution >= 4 is 40.7 Å². The van der Waals surface area contributed by atoms with Crippen LogP contribution in [-0.2, 0) is 0 Å². The third-order valence-corrected chi connectivity index (χ3v) is 3.19. The molecule has 0 aliphatic rings. The van der Waals surface area contributed by atoms with Gasteiger partial charge in [0.1, 0.15) is 11.9 Å². The smallest absolute Gasteiger partial charge is 0.252 e. The third kappa shape index (κ3) is 6.30. The lowest BCUT2D eigenvalue weighted by molar-refractivity contribution is 0.0922. The van der Waals surface area contributed by atoms with E-state index in [2.05, 4.69) is 10.6 Å². The van der Waals surface area contributed by atoms with Crippen LogP contribution in [0.4, 0.5) is 0 Å². The van der Waals surface area contributed by atoms with Gasteiger partial charge in [0.2, 0.25) is 3.79 Å². The first-order valence-electron chi connectivity index (χ1n) is 6.32. The highest BCUT2D eigenvalue weighted by Gasteiger charge is 2.36. The van der Waals surface area contributed by atoms with Crippen molar-refractivity contribution in [2.75, 3.05) is 7.11 Å². The van der Waals surface area contributed by atoms with Gasteiger partial charge < -0.3 is 10.1 Å². The summed E-state index contributed by atoms with van der Waals surface area (Å²) in [5.74, 6) is 0.322. The van der Waals surface area contributed by atoms with Crippen LogP contribution >= 0.6 is 34.8 Å². The normalized spacial score (nSPS) is 13.7. The molecule has 4 nitrogen and oxygen atoms in total. The van der Waals surface area contributed by atoms with Crippen LogP contribution in [0.5, 0.6) is 5.75 Å². The first-order chi connectivity index (χ1) is 9.53. The van der Waals surface area contributed by atoms with Crippen molar-refractivity contribution in [1.82, 2.24) is 10.6 Å². The third-order valence-electron chi connectivity index (χ3n) is 2.53. The largest absolute Gasteiger partial charge is 0.497 e. The van der Waals surface area contributed by atoms with Crippen LogP contribution in [0.1, 0.15) is 31.1 Å². The fourth-order valence-electron chi connectivity index (χ4n) is 1.59. The van der Waals surface area contributed by atoms with E-state index in [4.69, 9.17) is 39.5 Å². The standard InChI is InChI=1S/C14H19Cl3N2O2/c1-13(2,3)19-12(14(15,16)17)18-11(20)9-5-7-10(21-4)8-6-9/h5-8,12,19H,1-4H3,(H,18,20)/t12-/m0/s1. The summed E-state index contributed by atoms with van der Waals surface area (Å²) < 4.78 is 3.37. The number of alkyl halides is 3. The van der Waals surface area contributed by atoms with E-state index in [0.717, 1.165) is 0 Å². The molecule has 2 N–H and O–H groups in total. The van der Waals surface area contributed by atoms with Crippen molar-refractivity contribution in [3.05, 3.63) is 29.8 Å². The Balaban J connectivity index is 2.84. The van der Waals surface area contributed by atoms with Crippen molar-refractivity contribution in [1.29, 1.82) is 0 Å². The number of methoxy groups -OCH3 is 1. The minimum absolute atomic E-state index is 0.332. The molecule has 0 radical (unpaired) electrons. The van der Waals surface area contributed by atoms with E-state index in [1.54, 1.807) is 31.4 Å². The molecule has 21 heavy (non-hydrogen) atoms. The Labute approximate surface area is 140 Å². The van der Waals surface area contributed by atoms with Crippen molar-refractivity contribution < 1.29 is 9.53 Å². The minimum atomic E-state index is -1.67. The Hall–Kier alpha value is -0.680. The average molecular weight is 354 g/mol. The number of benzene rings is 1. The number of hydrogen-bond acceptors (Lipinski definition) is 3. The maximum Gasteiger partial charge on any atom is 0.252 e. The molecule has 1 aromatic rings. The van der Waals surface area contributed by atoms with Crippen LogP contribution in [0.2, 0.25) is 0 Å². The molecule has 0 fully saturated rings. The lowest BCUT2D eigenvalue weighted by atomic mass is 10.1. The first-order valence-corrected chi connectivity index (χ1v) is 7.45. The Bertz CT molecular complexity index is 478. The number of amides is 1. The topological polar surface area (TPSA) is 50.4 Å². The van der Waals surface area contributed by atoms with Crippen molar-refractivity contribution in [2.45, 2.75) is 36.3 Å². The Morgan fingerprint density at radius 3 is 2.05 bits per heavy atom. The fourth-order valence-corrected chi connectivity index (χ4v) is 1.92. The molecule has 0 spiro atoms. The van der Waals surface area contributed by atoms with Gasteiger partial charge >= 0.3 is 0 Å². The molecule has 0 aliphatic heterocycles. The number of nitrogens with one attached hydrogen (secondary N) is 2. The number of carbonyl (C=O) groups excluding carboxylic acids is 1. The van der Waals surface area contributed by atoms with Crippen molar-refractivity contribution in [3.63, 3.8) is 0 Å². The lowest BCUT2D eigenvalue weighted by Crippen LogP contribution is -2.58. The van der Waals surface area contributed by atoms with Gasteiger partial charge in [0.25, 0.3) is 5.91 Å². The average Bonchev–Trinajstić information content (AvgIpc) is 2.35. The Morgan fingerprint density at radius 2 is 1.67 bits per heavy atom. The van der Waals surface area contributed by atoms with Gasteiger partial charge in [-0.1, -0.05) is 34.8 Å².